The van der Waals surface area contributed by atoms with E-state index in [0.717, 1.165) is 11.3 Å². The highest BCUT2D eigenvalue weighted by atomic mass is 16.6. The number of rotatable bonds is 8. The fourth-order valence-corrected chi connectivity index (χ4v) is 2.54. The van der Waals surface area contributed by atoms with E-state index in [4.69, 9.17) is 9.47 Å². The lowest BCUT2D eigenvalue weighted by atomic mass is 10.1. The summed E-state index contributed by atoms with van der Waals surface area (Å²) in [6.45, 7) is 0.195. The van der Waals surface area contributed by atoms with Crippen LogP contribution in [0.3, 0.4) is 0 Å². The van der Waals surface area contributed by atoms with Gasteiger partial charge in [0.25, 0.3) is 0 Å². The van der Waals surface area contributed by atoms with Gasteiger partial charge in [-0.25, -0.2) is 0 Å². The Bertz CT molecular complexity index is 960. The number of hydrazone groups is 1. The molecule has 0 saturated carbocycles. The SMILES string of the molecule is COc1cc(/C=N/Nc2ccccc2)cc([N+](=O)[O-])c1OCc1ccccc1. The number of nitrogens with one attached hydrogen (secondary N) is 1. The molecule has 3 aromatic carbocycles. The Balaban J connectivity index is 1.83. The largest absolute Gasteiger partial charge is 0.493 e. The van der Waals surface area contributed by atoms with Crippen LogP contribution in [0, 0.1) is 10.1 Å². The molecular formula is C21H19N3O4. The molecule has 0 aliphatic heterocycles. The van der Waals surface area contributed by atoms with Crippen molar-refractivity contribution in [2.45, 2.75) is 6.61 Å². The van der Waals surface area contributed by atoms with Gasteiger partial charge in [-0.1, -0.05) is 48.5 Å². The van der Waals surface area contributed by atoms with Crippen LogP contribution in [-0.4, -0.2) is 18.2 Å². The van der Waals surface area contributed by atoms with Crippen LogP contribution in [0.25, 0.3) is 0 Å². The predicted molar refractivity (Wildman–Crippen MR) is 108 cm³/mol. The van der Waals surface area contributed by atoms with Gasteiger partial charge in [-0.2, -0.15) is 5.10 Å². The van der Waals surface area contributed by atoms with E-state index < -0.39 is 4.92 Å². The van der Waals surface area contributed by atoms with Crippen molar-refractivity contribution in [3.8, 4) is 11.5 Å². The Morgan fingerprint density at radius 1 is 1.07 bits per heavy atom. The monoisotopic (exact) mass is 377 g/mol. The number of ether oxygens (including phenoxy) is 2. The van der Waals surface area contributed by atoms with E-state index in [0.29, 0.717) is 5.56 Å². The Hall–Kier alpha value is -3.87. The molecule has 7 heteroatoms. The average molecular weight is 377 g/mol. The van der Waals surface area contributed by atoms with E-state index in [2.05, 4.69) is 10.5 Å². The lowest BCUT2D eigenvalue weighted by molar-refractivity contribution is -0.386. The van der Waals surface area contributed by atoms with Gasteiger partial charge in [0.05, 0.1) is 23.9 Å². The lowest BCUT2D eigenvalue weighted by Gasteiger charge is -2.12. The zero-order valence-electron chi connectivity index (χ0n) is 15.2. The third-order valence-electron chi connectivity index (χ3n) is 3.88. The maximum Gasteiger partial charge on any atom is 0.315 e. The van der Waals surface area contributed by atoms with Crippen molar-refractivity contribution < 1.29 is 14.4 Å². The maximum absolute atomic E-state index is 11.6. The first-order valence-corrected chi connectivity index (χ1v) is 8.54. The summed E-state index contributed by atoms with van der Waals surface area (Å²) in [5.74, 6) is 0.357. The van der Waals surface area contributed by atoms with Crippen LogP contribution in [0.15, 0.2) is 77.9 Å². The standard InChI is InChI=1S/C21H19N3O4/c1-27-20-13-17(14-22-23-18-10-6-3-7-11-18)12-19(24(25)26)21(20)28-15-16-8-4-2-5-9-16/h2-14,23H,15H2,1H3/b22-14+. The minimum atomic E-state index is -0.495. The third-order valence-corrected chi connectivity index (χ3v) is 3.88. The van der Waals surface area contributed by atoms with Gasteiger partial charge in [0.1, 0.15) is 6.61 Å². The zero-order valence-corrected chi connectivity index (χ0v) is 15.2. The molecule has 0 aliphatic rings. The van der Waals surface area contributed by atoms with E-state index in [1.807, 2.05) is 60.7 Å². The third kappa shape index (κ3) is 4.85. The van der Waals surface area contributed by atoms with Gasteiger partial charge in [-0.05, 0) is 23.8 Å². The average Bonchev–Trinajstić information content (AvgIpc) is 2.73. The molecule has 1 N–H and O–H groups in total. The van der Waals surface area contributed by atoms with Crippen molar-refractivity contribution in [1.29, 1.82) is 0 Å². The first kappa shape index (κ1) is 18.9. The topological polar surface area (TPSA) is 86.0 Å². The molecular weight excluding hydrogens is 358 g/mol. The zero-order chi connectivity index (χ0) is 19.8. The van der Waals surface area contributed by atoms with E-state index in [1.165, 1.54) is 19.4 Å². The Morgan fingerprint density at radius 2 is 1.75 bits per heavy atom. The number of nitro groups is 1. The summed E-state index contributed by atoms with van der Waals surface area (Å²) in [7, 11) is 1.44. The minimum Gasteiger partial charge on any atom is -0.493 e. The molecule has 0 unspecified atom stereocenters. The number of anilines is 1. The van der Waals surface area contributed by atoms with Gasteiger partial charge in [0.2, 0.25) is 5.75 Å². The van der Waals surface area contributed by atoms with Gasteiger partial charge < -0.3 is 9.47 Å². The Labute approximate surface area is 162 Å². The van der Waals surface area contributed by atoms with Crippen molar-refractivity contribution in [2.75, 3.05) is 12.5 Å². The molecule has 0 aliphatic carbocycles. The summed E-state index contributed by atoms with van der Waals surface area (Å²) in [4.78, 5) is 11.1. The molecule has 7 nitrogen and oxygen atoms in total. The first-order chi connectivity index (χ1) is 13.7. The maximum atomic E-state index is 11.6. The summed E-state index contributed by atoms with van der Waals surface area (Å²) in [5, 5.41) is 15.7. The molecule has 0 heterocycles. The van der Waals surface area contributed by atoms with Crippen molar-refractivity contribution >= 4 is 17.6 Å². The first-order valence-electron chi connectivity index (χ1n) is 8.54. The molecule has 3 rings (SSSR count). The van der Waals surface area contributed by atoms with Crippen LogP contribution < -0.4 is 14.9 Å². The lowest BCUT2D eigenvalue weighted by Crippen LogP contribution is -2.03. The summed E-state index contributed by atoms with van der Waals surface area (Å²) < 4.78 is 11.0. The molecule has 0 bridgehead atoms. The second kappa shape index (κ2) is 9.18. The van der Waals surface area contributed by atoms with E-state index in [-0.39, 0.29) is 23.8 Å². The molecule has 0 fully saturated rings. The van der Waals surface area contributed by atoms with Crippen molar-refractivity contribution in [3.63, 3.8) is 0 Å². The molecule has 0 amide bonds. The fourth-order valence-electron chi connectivity index (χ4n) is 2.54. The van der Waals surface area contributed by atoms with E-state index in [1.54, 1.807) is 6.07 Å². The van der Waals surface area contributed by atoms with Crippen molar-refractivity contribution in [1.82, 2.24) is 0 Å². The van der Waals surface area contributed by atoms with Gasteiger partial charge >= 0.3 is 5.69 Å². The normalized spacial score (nSPS) is 10.6. The summed E-state index contributed by atoms with van der Waals surface area (Å²) in [5.41, 5.74) is 4.91. The van der Waals surface area contributed by atoms with Gasteiger partial charge in [-0.3, -0.25) is 15.5 Å². The molecule has 142 valence electrons. The number of methoxy groups -OCH3 is 1. The minimum absolute atomic E-state index is 0.0875. The number of hydrogen-bond acceptors (Lipinski definition) is 6. The number of nitro benzene ring substituents is 1. The smallest absolute Gasteiger partial charge is 0.315 e. The molecule has 0 saturated heterocycles. The second-order valence-electron chi connectivity index (χ2n) is 5.84. The summed E-state index contributed by atoms with van der Waals surface area (Å²) in [6.07, 6.45) is 1.49. The molecule has 0 atom stereocenters. The van der Waals surface area contributed by atoms with Crippen molar-refractivity contribution in [3.05, 3.63) is 94.0 Å². The van der Waals surface area contributed by atoms with Gasteiger partial charge in [-0.15, -0.1) is 0 Å². The van der Waals surface area contributed by atoms with Gasteiger partial charge in [0, 0.05) is 11.6 Å². The molecule has 0 radical (unpaired) electrons. The highest BCUT2D eigenvalue weighted by Crippen LogP contribution is 2.38. The quantitative estimate of drug-likeness (QED) is 0.351. The highest BCUT2D eigenvalue weighted by molar-refractivity contribution is 5.83. The van der Waals surface area contributed by atoms with Crippen LogP contribution in [0.1, 0.15) is 11.1 Å². The number of nitrogens with zero attached hydrogens (tertiary/aromatic N) is 2. The predicted octanol–water partition coefficient (Wildman–Crippen LogP) is 4.63. The van der Waals surface area contributed by atoms with Crippen LogP contribution in [0.4, 0.5) is 11.4 Å². The molecule has 0 aromatic heterocycles. The molecule has 28 heavy (non-hydrogen) atoms. The highest BCUT2D eigenvalue weighted by Gasteiger charge is 2.22. The number of benzene rings is 3. The van der Waals surface area contributed by atoms with Gasteiger partial charge in [0.15, 0.2) is 5.75 Å². The second-order valence-corrected chi connectivity index (χ2v) is 5.84. The fraction of sp³-hybridized carbons (Fsp3) is 0.0952. The Morgan fingerprint density at radius 3 is 2.39 bits per heavy atom. The van der Waals surface area contributed by atoms with Crippen molar-refractivity contribution in [2.24, 2.45) is 5.10 Å². The molecule has 0 spiro atoms. The van der Waals surface area contributed by atoms with Crippen LogP contribution in [0.5, 0.6) is 11.5 Å². The summed E-state index contributed by atoms with van der Waals surface area (Å²) >= 11 is 0. The number of para-hydroxylation sites is 1. The van der Waals surface area contributed by atoms with Crippen LogP contribution in [-0.2, 0) is 6.61 Å². The Kier molecular flexibility index (Phi) is 6.20. The molecule has 3 aromatic rings. The van der Waals surface area contributed by atoms with Crippen LogP contribution >= 0.6 is 0 Å². The van der Waals surface area contributed by atoms with E-state index in [9.17, 15) is 10.1 Å². The number of hydrogen-bond donors (Lipinski definition) is 1. The van der Waals surface area contributed by atoms with E-state index >= 15 is 0 Å². The summed E-state index contributed by atoms with van der Waals surface area (Å²) in [6, 6.07) is 21.8. The van der Waals surface area contributed by atoms with Crippen LogP contribution in [0.2, 0.25) is 0 Å².